The normalized spacial score (nSPS) is 11.7. The third kappa shape index (κ3) is 4.52. The van der Waals surface area contributed by atoms with Gasteiger partial charge in [-0.3, -0.25) is 0 Å². The van der Waals surface area contributed by atoms with Gasteiger partial charge in [-0.05, 0) is 55.0 Å². The fraction of sp³-hybridized carbons (Fsp3) is 0.458. The Morgan fingerprint density at radius 1 is 0.963 bits per heavy atom. The van der Waals surface area contributed by atoms with Gasteiger partial charge in [0.2, 0.25) is 0 Å². The van der Waals surface area contributed by atoms with Crippen molar-refractivity contribution in [2.45, 2.75) is 65.8 Å². The van der Waals surface area contributed by atoms with Crippen LogP contribution in [0.3, 0.4) is 0 Å². The summed E-state index contributed by atoms with van der Waals surface area (Å²) >= 11 is 0. The Morgan fingerprint density at radius 2 is 1.74 bits per heavy atom. The van der Waals surface area contributed by atoms with Crippen molar-refractivity contribution in [3.8, 4) is 5.75 Å². The number of imidazole rings is 1. The number of aromatic nitrogens is 2. The molecular weight excluding hydrogens is 332 g/mol. The molecule has 3 nitrogen and oxygen atoms in total. The molecule has 3 heteroatoms. The van der Waals surface area contributed by atoms with Gasteiger partial charge in [0.25, 0.3) is 0 Å². The molecule has 0 saturated carbocycles. The standard InChI is InChI=1S/C24H32N2O/c1-17(2)20-13-12-19(5)16-23(20)27-15-9-8-14-26-22-11-7-6-10-21(22)25-24(26)18(3)4/h6-7,10-13,16-18H,8-9,14-15H2,1-5H3. The molecule has 0 saturated heterocycles. The van der Waals surface area contributed by atoms with E-state index < -0.39 is 0 Å². The zero-order valence-electron chi connectivity index (χ0n) is 17.3. The topological polar surface area (TPSA) is 27.1 Å². The van der Waals surface area contributed by atoms with Crippen LogP contribution in [0.5, 0.6) is 5.75 Å². The second-order valence-corrected chi connectivity index (χ2v) is 8.02. The first-order valence-electron chi connectivity index (χ1n) is 10.2. The van der Waals surface area contributed by atoms with E-state index in [0.29, 0.717) is 11.8 Å². The van der Waals surface area contributed by atoms with Crippen molar-refractivity contribution in [2.24, 2.45) is 0 Å². The van der Waals surface area contributed by atoms with E-state index in [1.54, 1.807) is 0 Å². The molecule has 0 atom stereocenters. The summed E-state index contributed by atoms with van der Waals surface area (Å²) in [5.74, 6) is 3.12. The minimum atomic E-state index is 0.426. The van der Waals surface area contributed by atoms with Crippen LogP contribution in [-0.2, 0) is 6.54 Å². The molecule has 0 unspecified atom stereocenters. The Morgan fingerprint density at radius 3 is 2.48 bits per heavy atom. The van der Waals surface area contributed by atoms with Crippen LogP contribution in [0.4, 0.5) is 0 Å². The number of aryl methyl sites for hydroxylation is 2. The molecule has 1 heterocycles. The summed E-state index contributed by atoms with van der Waals surface area (Å²) in [6, 6.07) is 15.0. The highest BCUT2D eigenvalue weighted by atomic mass is 16.5. The molecule has 0 aliphatic carbocycles. The van der Waals surface area contributed by atoms with E-state index in [4.69, 9.17) is 9.72 Å². The molecule has 0 radical (unpaired) electrons. The number of rotatable bonds is 8. The number of nitrogens with zero attached hydrogens (tertiary/aromatic N) is 2. The first kappa shape index (κ1) is 19.5. The van der Waals surface area contributed by atoms with Gasteiger partial charge in [-0.25, -0.2) is 4.98 Å². The van der Waals surface area contributed by atoms with E-state index >= 15 is 0 Å². The third-order valence-corrected chi connectivity index (χ3v) is 5.03. The van der Waals surface area contributed by atoms with E-state index in [0.717, 1.165) is 37.3 Å². The molecule has 0 aliphatic heterocycles. The first-order chi connectivity index (χ1) is 13.0. The van der Waals surface area contributed by atoms with Gasteiger partial charge in [-0.15, -0.1) is 0 Å². The van der Waals surface area contributed by atoms with Gasteiger partial charge >= 0.3 is 0 Å². The van der Waals surface area contributed by atoms with Crippen LogP contribution in [0, 0.1) is 6.92 Å². The average molecular weight is 365 g/mol. The second kappa shape index (κ2) is 8.60. The van der Waals surface area contributed by atoms with E-state index in [9.17, 15) is 0 Å². The van der Waals surface area contributed by atoms with Crippen LogP contribution < -0.4 is 4.74 Å². The Kier molecular flexibility index (Phi) is 6.20. The molecule has 144 valence electrons. The summed E-state index contributed by atoms with van der Waals surface area (Å²) in [4.78, 5) is 4.83. The number of benzene rings is 2. The molecule has 0 bridgehead atoms. The molecule has 1 aromatic heterocycles. The van der Waals surface area contributed by atoms with Gasteiger partial charge in [-0.1, -0.05) is 52.0 Å². The third-order valence-electron chi connectivity index (χ3n) is 5.03. The van der Waals surface area contributed by atoms with Gasteiger partial charge < -0.3 is 9.30 Å². The molecule has 2 aromatic carbocycles. The zero-order valence-corrected chi connectivity index (χ0v) is 17.3. The number of hydrogen-bond donors (Lipinski definition) is 0. The molecule has 0 amide bonds. The van der Waals surface area contributed by atoms with E-state index in [1.165, 1.54) is 22.5 Å². The summed E-state index contributed by atoms with van der Waals surface area (Å²) in [6.45, 7) is 12.7. The Hall–Kier alpha value is -2.29. The van der Waals surface area contributed by atoms with Crippen molar-refractivity contribution in [3.05, 3.63) is 59.4 Å². The van der Waals surface area contributed by atoms with Gasteiger partial charge in [0, 0.05) is 12.5 Å². The summed E-state index contributed by atoms with van der Waals surface area (Å²) < 4.78 is 8.52. The molecule has 3 rings (SSSR count). The van der Waals surface area contributed by atoms with Crippen molar-refractivity contribution >= 4 is 11.0 Å². The van der Waals surface area contributed by atoms with Crippen molar-refractivity contribution in [1.82, 2.24) is 9.55 Å². The molecule has 3 aromatic rings. The fourth-order valence-corrected chi connectivity index (χ4v) is 3.57. The maximum absolute atomic E-state index is 6.14. The highest BCUT2D eigenvalue weighted by Crippen LogP contribution is 2.28. The van der Waals surface area contributed by atoms with Gasteiger partial charge in [0.05, 0.1) is 17.6 Å². The smallest absolute Gasteiger partial charge is 0.122 e. The van der Waals surface area contributed by atoms with E-state index in [-0.39, 0.29) is 0 Å². The first-order valence-corrected chi connectivity index (χ1v) is 10.2. The zero-order chi connectivity index (χ0) is 19.4. The lowest BCUT2D eigenvalue weighted by molar-refractivity contribution is 0.299. The molecule has 0 N–H and O–H groups in total. The highest BCUT2D eigenvalue weighted by molar-refractivity contribution is 5.76. The van der Waals surface area contributed by atoms with Gasteiger partial charge in [0.1, 0.15) is 11.6 Å². The number of ether oxygens (including phenoxy) is 1. The Balaban J connectivity index is 1.61. The van der Waals surface area contributed by atoms with Crippen LogP contribution in [0.15, 0.2) is 42.5 Å². The fourth-order valence-electron chi connectivity index (χ4n) is 3.57. The quantitative estimate of drug-likeness (QED) is 0.429. The Labute approximate surface area is 163 Å². The molecule has 0 fully saturated rings. The molecule has 27 heavy (non-hydrogen) atoms. The van der Waals surface area contributed by atoms with E-state index in [2.05, 4.69) is 81.7 Å². The minimum Gasteiger partial charge on any atom is -0.493 e. The Bertz CT molecular complexity index is 893. The predicted octanol–water partition coefficient (Wildman–Crippen LogP) is 6.45. The monoisotopic (exact) mass is 364 g/mol. The van der Waals surface area contributed by atoms with Crippen molar-refractivity contribution in [2.75, 3.05) is 6.61 Å². The molecule has 0 spiro atoms. The lowest BCUT2D eigenvalue weighted by Gasteiger charge is -2.15. The number of fused-ring (bicyclic) bond motifs is 1. The van der Waals surface area contributed by atoms with Crippen molar-refractivity contribution in [3.63, 3.8) is 0 Å². The lowest BCUT2D eigenvalue weighted by atomic mass is 10.0. The average Bonchev–Trinajstić information content (AvgIpc) is 3.00. The number of unbranched alkanes of at least 4 members (excludes halogenated alkanes) is 1. The van der Waals surface area contributed by atoms with Crippen LogP contribution in [0.25, 0.3) is 11.0 Å². The van der Waals surface area contributed by atoms with Crippen LogP contribution >= 0.6 is 0 Å². The van der Waals surface area contributed by atoms with Gasteiger partial charge in [-0.2, -0.15) is 0 Å². The largest absolute Gasteiger partial charge is 0.493 e. The summed E-state index contributed by atoms with van der Waals surface area (Å²) in [5.41, 5.74) is 4.88. The van der Waals surface area contributed by atoms with E-state index in [1.807, 2.05) is 0 Å². The SMILES string of the molecule is Cc1ccc(C(C)C)c(OCCCCn2c(C(C)C)nc3ccccc32)c1. The maximum Gasteiger partial charge on any atom is 0.122 e. The number of hydrogen-bond acceptors (Lipinski definition) is 2. The maximum atomic E-state index is 6.14. The summed E-state index contributed by atoms with van der Waals surface area (Å²) in [6.07, 6.45) is 2.12. The van der Waals surface area contributed by atoms with Gasteiger partial charge in [0.15, 0.2) is 0 Å². The summed E-state index contributed by atoms with van der Waals surface area (Å²) in [7, 11) is 0. The molecular formula is C24H32N2O. The molecule has 0 aliphatic rings. The highest BCUT2D eigenvalue weighted by Gasteiger charge is 2.13. The predicted molar refractivity (Wildman–Crippen MR) is 114 cm³/mol. The van der Waals surface area contributed by atoms with Crippen molar-refractivity contribution < 1.29 is 4.74 Å². The van der Waals surface area contributed by atoms with Crippen LogP contribution in [0.1, 0.15) is 69.3 Å². The number of para-hydroxylation sites is 2. The lowest BCUT2D eigenvalue weighted by Crippen LogP contribution is -2.08. The van der Waals surface area contributed by atoms with Crippen LogP contribution in [0.2, 0.25) is 0 Å². The second-order valence-electron chi connectivity index (χ2n) is 8.02. The minimum absolute atomic E-state index is 0.426. The van der Waals surface area contributed by atoms with Crippen molar-refractivity contribution in [1.29, 1.82) is 0 Å². The van der Waals surface area contributed by atoms with Crippen LogP contribution in [-0.4, -0.2) is 16.2 Å². The summed E-state index contributed by atoms with van der Waals surface area (Å²) in [5, 5.41) is 0.